The van der Waals surface area contributed by atoms with E-state index in [4.69, 9.17) is 0 Å². The smallest absolute Gasteiger partial charge is 0.223 e. The molecule has 1 aromatic rings. The first kappa shape index (κ1) is 21.2. The molecule has 8 heteroatoms. The van der Waals surface area contributed by atoms with E-state index < -0.39 is 0 Å². The monoisotopic (exact) mass is 377 g/mol. The van der Waals surface area contributed by atoms with E-state index >= 15 is 0 Å². The zero-order valence-corrected chi connectivity index (χ0v) is 15.9. The lowest BCUT2D eigenvalue weighted by molar-refractivity contribution is -0.132. The highest BCUT2D eigenvalue weighted by Gasteiger charge is 2.23. The minimum atomic E-state index is 0. The van der Waals surface area contributed by atoms with E-state index in [1.807, 2.05) is 22.8 Å². The Morgan fingerprint density at radius 1 is 1.21 bits per heavy atom. The molecule has 0 unspecified atom stereocenters. The van der Waals surface area contributed by atoms with Gasteiger partial charge in [0.15, 0.2) is 0 Å². The molecule has 0 aliphatic carbocycles. The highest BCUT2D eigenvalue weighted by Crippen LogP contribution is 2.27. The Bertz CT molecular complexity index is 496. The molecule has 0 aromatic carbocycles. The number of halogens is 2. The Labute approximate surface area is 156 Å². The normalized spacial score (nSPS) is 19.5. The summed E-state index contributed by atoms with van der Waals surface area (Å²) in [6, 6.07) is 2.13. The molecule has 0 bridgehead atoms. The van der Waals surface area contributed by atoms with Crippen molar-refractivity contribution in [1.82, 2.24) is 24.9 Å². The van der Waals surface area contributed by atoms with Gasteiger partial charge in [0.25, 0.3) is 0 Å². The highest BCUT2D eigenvalue weighted by molar-refractivity contribution is 5.85. The van der Waals surface area contributed by atoms with Crippen LogP contribution in [-0.2, 0) is 11.8 Å². The summed E-state index contributed by atoms with van der Waals surface area (Å²) in [6.07, 6.45) is 4.88. The Kier molecular flexibility index (Phi) is 9.05. The molecule has 1 N–H and O–H groups in total. The third kappa shape index (κ3) is 5.34. The van der Waals surface area contributed by atoms with Crippen molar-refractivity contribution in [3.05, 3.63) is 18.0 Å². The molecule has 6 nitrogen and oxygen atoms in total. The first-order valence-corrected chi connectivity index (χ1v) is 8.43. The summed E-state index contributed by atoms with van der Waals surface area (Å²) in [4.78, 5) is 16.6. The minimum Gasteiger partial charge on any atom is -0.340 e. The number of hydrogen-bond acceptors (Lipinski definition) is 4. The predicted octanol–water partition coefficient (Wildman–Crippen LogP) is 1.26. The maximum atomic E-state index is 12.2. The van der Waals surface area contributed by atoms with Crippen molar-refractivity contribution >= 4 is 30.7 Å². The average Bonchev–Trinajstić information content (AvgIpc) is 3.00. The summed E-state index contributed by atoms with van der Waals surface area (Å²) in [6.45, 7) is 6.67. The fourth-order valence-corrected chi connectivity index (χ4v) is 3.56. The van der Waals surface area contributed by atoms with Crippen LogP contribution in [0.1, 0.15) is 30.9 Å². The molecule has 24 heavy (non-hydrogen) atoms. The molecule has 2 fully saturated rings. The number of piperidine rings is 1. The molecule has 0 spiro atoms. The van der Waals surface area contributed by atoms with Crippen molar-refractivity contribution in [2.45, 2.75) is 25.2 Å². The largest absolute Gasteiger partial charge is 0.340 e. The number of aryl methyl sites for hydroxylation is 1. The second kappa shape index (κ2) is 10.2. The number of aromatic nitrogens is 2. The lowest BCUT2D eigenvalue weighted by atomic mass is 9.93. The molecule has 2 aliphatic heterocycles. The fraction of sp³-hybridized carbons (Fsp3) is 0.750. The van der Waals surface area contributed by atoms with Crippen LogP contribution in [0.5, 0.6) is 0 Å². The van der Waals surface area contributed by atoms with Gasteiger partial charge in [-0.1, -0.05) is 0 Å². The van der Waals surface area contributed by atoms with Gasteiger partial charge in [-0.3, -0.25) is 9.48 Å². The third-order valence-electron chi connectivity index (χ3n) is 4.98. The standard InChI is InChI=1S/C16H27N5O.2ClH/c1-19-15(2-6-18-19)14-3-9-20(10-4-14)11-5-16(22)21-12-7-17-8-13-21;;/h2,6,14,17H,3-5,7-13H2,1H3;2*1H. The number of amides is 1. The molecule has 0 atom stereocenters. The van der Waals surface area contributed by atoms with E-state index in [0.29, 0.717) is 18.2 Å². The maximum absolute atomic E-state index is 12.2. The van der Waals surface area contributed by atoms with Crippen LogP contribution in [0.3, 0.4) is 0 Å². The van der Waals surface area contributed by atoms with Gasteiger partial charge in [0.05, 0.1) is 0 Å². The fourth-order valence-electron chi connectivity index (χ4n) is 3.56. The van der Waals surface area contributed by atoms with E-state index in [1.54, 1.807) is 0 Å². The first-order valence-electron chi connectivity index (χ1n) is 8.43. The van der Waals surface area contributed by atoms with Gasteiger partial charge in [-0.2, -0.15) is 5.10 Å². The summed E-state index contributed by atoms with van der Waals surface area (Å²) in [5, 5.41) is 7.56. The Hall–Kier alpha value is -0.820. The SMILES string of the molecule is Cl.Cl.Cn1nccc1C1CCN(CCC(=O)N2CCNCC2)CC1. The van der Waals surface area contributed by atoms with Crippen LogP contribution in [0.25, 0.3) is 0 Å². The van der Waals surface area contributed by atoms with Gasteiger partial charge in [-0.15, -0.1) is 24.8 Å². The predicted molar refractivity (Wildman–Crippen MR) is 100 cm³/mol. The Balaban J connectivity index is 0.00000144. The van der Waals surface area contributed by atoms with E-state index in [2.05, 4.69) is 21.4 Å². The van der Waals surface area contributed by atoms with Crippen LogP contribution in [0.4, 0.5) is 0 Å². The van der Waals surface area contributed by atoms with Gasteiger partial charge in [0.1, 0.15) is 0 Å². The van der Waals surface area contributed by atoms with E-state index in [0.717, 1.165) is 45.8 Å². The van der Waals surface area contributed by atoms with Crippen LogP contribution >= 0.6 is 24.8 Å². The van der Waals surface area contributed by atoms with Crippen LogP contribution in [0.15, 0.2) is 12.3 Å². The maximum Gasteiger partial charge on any atom is 0.223 e. The van der Waals surface area contributed by atoms with Crippen molar-refractivity contribution in [3.63, 3.8) is 0 Å². The van der Waals surface area contributed by atoms with Gasteiger partial charge < -0.3 is 15.1 Å². The van der Waals surface area contributed by atoms with Gasteiger partial charge in [0, 0.05) is 64.0 Å². The van der Waals surface area contributed by atoms with E-state index in [1.165, 1.54) is 18.5 Å². The highest BCUT2D eigenvalue weighted by atomic mass is 35.5. The molecule has 1 aromatic heterocycles. The second-order valence-electron chi connectivity index (χ2n) is 6.38. The van der Waals surface area contributed by atoms with Gasteiger partial charge in [-0.05, 0) is 32.0 Å². The number of nitrogens with zero attached hydrogens (tertiary/aromatic N) is 4. The molecular weight excluding hydrogens is 349 g/mol. The molecule has 3 rings (SSSR count). The molecule has 2 aliphatic rings. The summed E-state index contributed by atoms with van der Waals surface area (Å²) < 4.78 is 1.99. The quantitative estimate of drug-likeness (QED) is 0.857. The molecule has 0 saturated carbocycles. The summed E-state index contributed by atoms with van der Waals surface area (Å²) in [5.74, 6) is 0.933. The van der Waals surface area contributed by atoms with Crippen molar-refractivity contribution in [2.75, 3.05) is 45.8 Å². The average molecular weight is 378 g/mol. The second-order valence-corrected chi connectivity index (χ2v) is 6.38. The Morgan fingerprint density at radius 2 is 1.88 bits per heavy atom. The van der Waals surface area contributed by atoms with Crippen molar-refractivity contribution in [1.29, 1.82) is 0 Å². The number of piperazine rings is 1. The van der Waals surface area contributed by atoms with E-state index in [-0.39, 0.29) is 24.8 Å². The molecule has 3 heterocycles. The molecule has 138 valence electrons. The van der Waals surface area contributed by atoms with Gasteiger partial charge in [-0.25, -0.2) is 0 Å². The summed E-state index contributed by atoms with van der Waals surface area (Å²) in [7, 11) is 2.02. The number of hydrogen-bond donors (Lipinski definition) is 1. The topological polar surface area (TPSA) is 53.4 Å². The van der Waals surface area contributed by atoms with Crippen LogP contribution in [-0.4, -0.2) is 71.3 Å². The third-order valence-corrected chi connectivity index (χ3v) is 4.98. The van der Waals surface area contributed by atoms with Crippen LogP contribution < -0.4 is 5.32 Å². The number of carbonyl (C=O) groups is 1. The van der Waals surface area contributed by atoms with Crippen LogP contribution in [0, 0.1) is 0 Å². The Morgan fingerprint density at radius 3 is 2.46 bits per heavy atom. The zero-order chi connectivity index (χ0) is 15.4. The zero-order valence-electron chi connectivity index (χ0n) is 14.3. The van der Waals surface area contributed by atoms with E-state index in [9.17, 15) is 4.79 Å². The number of carbonyl (C=O) groups excluding carboxylic acids is 1. The van der Waals surface area contributed by atoms with Gasteiger partial charge >= 0.3 is 0 Å². The minimum absolute atomic E-state index is 0. The molecule has 1 amide bonds. The lowest BCUT2D eigenvalue weighted by Crippen LogP contribution is -2.47. The van der Waals surface area contributed by atoms with Crippen molar-refractivity contribution in [3.8, 4) is 0 Å². The molecule has 0 radical (unpaired) electrons. The number of likely N-dealkylation sites (tertiary alicyclic amines) is 1. The summed E-state index contributed by atoms with van der Waals surface area (Å²) in [5.41, 5.74) is 1.34. The molecular formula is C16H29Cl2N5O. The van der Waals surface area contributed by atoms with Gasteiger partial charge in [0.2, 0.25) is 5.91 Å². The lowest BCUT2D eigenvalue weighted by Gasteiger charge is -2.33. The number of nitrogens with one attached hydrogen (secondary N) is 1. The van der Waals surface area contributed by atoms with Crippen molar-refractivity contribution in [2.24, 2.45) is 7.05 Å². The van der Waals surface area contributed by atoms with Crippen LogP contribution in [0.2, 0.25) is 0 Å². The van der Waals surface area contributed by atoms with Crippen molar-refractivity contribution < 1.29 is 4.79 Å². The summed E-state index contributed by atoms with van der Waals surface area (Å²) >= 11 is 0. The molecule has 2 saturated heterocycles. The first-order chi connectivity index (χ1) is 10.7. The number of rotatable bonds is 4.